The first-order valence-corrected chi connectivity index (χ1v) is 12.5. The zero-order chi connectivity index (χ0) is 25.0. The molecule has 0 aromatic heterocycles. The SMILES string of the molecule is Cc1ccc(C)c(S(=O)(=O)NCCC(=O)NCC2(c3cccc(C(F)(F)F)c3)CCOCC2)c1. The van der Waals surface area contributed by atoms with Crippen molar-refractivity contribution in [3.05, 3.63) is 64.7 Å². The maximum Gasteiger partial charge on any atom is 0.416 e. The predicted octanol–water partition coefficient (Wildman–Crippen LogP) is 3.86. The molecule has 1 aliphatic rings. The molecule has 1 heterocycles. The maximum absolute atomic E-state index is 13.2. The molecule has 1 saturated heterocycles. The van der Waals surface area contributed by atoms with Crippen LogP contribution in [0.25, 0.3) is 0 Å². The van der Waals surface area contributed by atoms with E-state index in [0.29, 0.717) is 37.2 Å². The van der Waals surface area contributed by atoms with Crippen LogP contribution in [0.4, 0.5) is 13.2 Å². The van der Waals surface area contributed by atoms with E-state index in [0.717, 1.165) is 17.7 Å². The number of benzene rings is 2. The minimum atomic E-state index is -4.46. The lowest BCUT2D eigenvalue weighted by Crippen LogP contribution is -2.45. The first-order valence-electron chi connectivity index (χ1n) is 11.0. The molecule has 34 heavy (non-hydrogen) atoms. The number of hydrogen-bond donors (Lipinski definition) is 2. The summed E-state index contributed by atoms with van der Waals surface area (Å²) in [6.45, 7) is 4.29. The number of carbonyl (C=O) groups is 1. The summed E-state index contributed by atoms with van der Waals surface area (Å²) in [6.07, 6.45) is -3.63. The van der Waals surface area contributed by atoms with Crippen LogP contribution in [0.5, 0.6) is 0 Å². The van der Waals surface area contributed by atoms with Crippen molar-refractivity contribution in [3.63, 3.8) is 0 Å². The van der Waals surface area contributed by atoms with Crippen LogP contribution in [0.1, 0.15) is 41.5 Å². The van der Waals surface area contributed by atoms with E-state index in [-0.39, 0.29) is 30.3 Å². The van der Waals surface area contributed by atoms with Crippen molar-refractivity contribution in [1.29, 1.82) is 0 Å². The van der Waals surface area contributed by atoms with E-state index in [2.05, 4.69) is 10.0 Å². The molecule has 0 saturated carbocycles. The Kier molecular flexibility index (Phi) is 8.05. The van der Waals surface area contributed by atoms with Crippen LogP contribution in [-0.2, 0) is 31.1 Å². The van der Waals surface area contributed by atoms with Crippen molar-refractivity contribution in [2.24, 2.45) is 0 Å². The number of rotatable bonds is 8. The number of sulfonamides is 1. The standard InChI is InChI=1S/C24H29F3N2O4S/c1-17-6-7-18(2)21(14-17)34(31,32)29-11-8-22(30)28-16-23(9-12-33-13-10-23)19-4-3-5-20(15-19)24(25,26)27/h3-7,14-15,29H,8-13,16H2,1-2H3,(H,28,30). The highest BCUT2D eigenvalue weighted by Crippen LogP contribution is 2.37. The first-order chi connectivity index (χ1) is 15.9. The van der Waals surface area contributed by atoms with Gasteiger partial charge in [0.15, 0.2) is 0 Å². The number of carbonyl (C=O) groups excluding carboxylic acids is 1. The summed E-state index contributed by atoms with van der Waals surface area (Å²) in [5, 5.41) is 2.79. The number of amides is 1. The molecule has 0 bridgehead atoms. The van der Waals surface area contributed by atoms with Gasteiger partial charge in [-0.05, 0) is 55.5 Å². The predicted molar refractivity (Wildman–Crippen MR) is 122 cm³/mol. The van der Waals surface area contributed by atoms with Crippen LogP contribution < -0.4 is 10.0 Å². The van der Waals surface area contributed by atoms with Crippen LogP contribution >= 0.6 is 0 Å². The van der Waals surface area contributed by atoms with Gasteiger partial charge in [-0.15, -0.1) is 0 Å². The summed E-state index contributed by atoms with van der Waals surface area (Å²) in [4.78, 5) is 12.6. The lowest BCUT2D eigenvalue weighted by molar-refractivity contribution is -0.137. The van der Waals surface area contributed by atoms with Crippen LogP contribution in [-0.4, -0.2) is 40.6 Å². The van der Waals surface area contributed by atoms with Gasteiger partial charge in [-0.2, -0.15) is 13.2 Å². The van der Waals surface area contributed by atoms with E-state index in [9.17, 15) is 26.4 Å². The molecule has 0 atom stereocenters. The quantitative estimate of drug-likeness (QED) is 0.579. The summed E-state index contributed by atoms with van der Waals surface area (Å²) in [5.74, 6) is -0.387. The largest absolute Gasteiger partial charge is 0.416 e. The number of halogens is 3. The summed E-state index contributed by atoms with van der Waals surface area (Å²) in [6, 6.07) is 10.3. The van der Waals surface area contributed by atoms with Crippen molar-refractivity contribution in [2.75, 3.05) is 26.3 Å². The molecule has 2 aromatic rings. The van der Waals surface area contributed by atoms with Gasteiger partial charge in [0.25, 0.3) is 0 Å². The third-order valence-corrected chi connectivity index (χ3v) is 7.76. The normalized spacial score (nSPS) is 16.3. The highest BCUT2D eigenvalue weighted by Gasteiger charge is 2.37. The van der Waals surface area contributed by atoms with E-state index in [1.165, 1.54) is 6.07 Å². The Hall–Kier alpha value is -2.43. The average molecular weight is 499 g/mol. The Morgan fingerprint density at radius 1 is 1.09 bits per heavy atom. The van der Waals surface area contributed by atoms with E-state index in [4.69, 9.17) is 4.74 Å². The molecule has 10 heteroatoms. The van der Waals surface area contributed by atoms with Crippen molar-refractivity contribution in [3.8, 4) is 0 Å². The maximum atomic E-state index is 13.2. The monoisotopic (exact) mass is 498 g/mol. The van der Waals surface area contributed by atoms with Crippen LogP contribution in [0.3, 0.4) is 0 Å². The second-order valence-electron chi connectivity index (χ2n) is 8.66. The lowest BCUT2D eigenvalue weighted by Gasteiger charge is -2.38. The Morgan fingerprint density at radius 2 is 1.79 bits per heavy atom. The fourth-order valence-electron chi connectivity index (χ4n) is 4.08. The molecule has 2 N–H and O–H groups in total. The molecule has 0 unspecified atom stereocenters. The van der Waals surface area contributed by atoms with Gasteiger partial charge in [-0.25, -0.2) is 13.1 Å². The molecule has 186 valence electrons. The highest BCUT2D eigenvalue weighted by atomic mass is 32.2. The van der Waals surface area contributed by atoms with Crippen LogP contribution in [0.15, 0.2) is 47.4 Å². The number of ether oxygens (including phenoxy) is 1. The molecule has 1 aliphatic heterocycles. The fourth-order valence-corrected chi connectivity index (χ4v) is 5.44. The Bertz CT molecular complexity index is 1130. The molecular formula is C24H29F3N2O4S. The van der Waals surface area contributed by atoms with Gasteiger partial charge in [0.1, 0.15) is 0 Å². The number of nitrogens with one attached hydrogen (secondary N) is 2. The molecule has 2 aromatic carbocycles. The van der Waals surface area contributed by atoms with Crippen LogP contribution in [0, 0.1) is 13.8 Å². The summed E-state index contributed by atoms with van der Waals surface area (Å²) in [5.41, 5.74) is 0.489. The van der Waals surface area contributed by atoms with Gasteiger partial charge in [0.2, 0.25) is 15.9 Å². The zero-order valence-corrected chi connectivity index (χ0v) is 20.0. The van der Waals surface area contributed by atoms with Crippen molar-refractivity contribution < 1.29 is 31.1 Å². The Balaban J connectivity index is 1.63. The third-order valence-electron chi connectivity index (χ3n) is 6.15. The lowest BCUT2D eigenvalue weighted by atomic mass is 9.73. The van der Waals surface area contributed by atoms with Gasteiger partial charge in [-0.1, -0.05) is 30.3 Å². The van der Waals surface area contributed by atoms with Crippen molar-refractivity contribution in [2.45, 2.75) is 49.6 Å². The number of alkyl halides is 3. The number of aryl methyl sites for hydroxylation is 2. The smallest absolute Gasteiger partial charge is 0.381 e. The van der Waals surface area contributed by atoms with Gasteiger partial charge in [0, 0.05) is 38.1 Å². The van der Waals surface area contributed by atoms with E-state index >= 15 is 0 Å². The molecule has 1 fully saturated rings. The van der Waals surface area contributed by atoms with E-state index < -0.39 is 27.2 Å². The Labute approximate surface area is 197 Å². The fraction of sp³-hybridized carbons (Fsp3) is 0.458. The second-order valence-corrected chi connectivity index (χ2v) is 10.4. The first kappa shape index (κ1) is 26.2. The molecule has 6 nitrogen and oxygen atoms in total. The highest BCUT2D eigenvalue weighted by molar-refractivity contribution is 7.89. The molecule has 0 spiro atoms. The van der Waals surface area contributed by atoms with Gasteiger partial charge in [-0.3, -0.25) is 4.79 Å². The topological polar surface area (TPSA) is 84.5 Å². The zero-order valence-electron chi connectivity index (χ0n) is 19.2. The molecule has 0 radical (unpaired) electrons. The minimum Gasteiger partial charge on any atom is -0.381 e. The molecule has 0 aliphatic carbocycles. The second kappa shape index (κ2) is 10.5. The Morgan fingerprint density at radius 3 is 2.47 bits per heavy atom. The van der Waals surface area contributed by atoms with Gasteiger partial charge < -0.3 is 10.1 Å². The minimum absolute atomic E-state index is 0.0960. The number of hydrogen-bond acceptors (Lipinski definition) is 4. The van der Waals surface area contributed by atoms with Crippen LogP contribution in [0.2, 0.25) is 0 Å². The molecular weight excluding hydrogens is 469 g/mol. The molecule has 3 rings (SSSR count). The summed E-state index contributed by atoms with van der Waals surface area (Å²) < 4.78 is 72.7. The van der Waals surface area contributed by atoms with E-state index in [1.54, 1.807) is 32.0 Å². The molecule has 1 amide bonds. The van der Waals surface area contributed by atoms with Crippen molar-refractivity contribution >= 4 is 15.9 Å². The van der Waals surface area contributed by atoms with Gasteiger partial charge >= 0.3 is 6.18 Å². The van der Waals surface area contributed by atoms with Crippen molar-refractivity contribution in [1.82, 2.24) is 10.0 Å². The summed E-state index contributed by atoms with van der Waals surface area (Å²) >= 11 is 0. The average Bonchev–Trinajstić information content (AvgIpc) is 2.79. The van der Waals surface area contributed by atoms with E-state index in [1.807, 2.05) is 6.07 Å². The van der Waals surface area contributed by atoms with Gasteiger partial charge in [0.05, 0.1) is 10.5 Å². The summed E-state index contributed by atoms with van der Waals surface area (Å²) in [7, 11) is -3.77. The third kappa shape index (κ3) is 6.37.